The number of hydrogen-bond acceptors (Lipinski definition) is 3. The first-order chi connectivity index (χ1) is 12.1. The summed E-state index contributed by atoms with van der Waals surface area (Å²) in [6, 6.07) is 18.8. The van der Waals surface area contributed by atoms with Crippen LogP contribution < -0.4 is 4.74 Å². The standard InChI is InChI=1S/C22H27NO2/c1-16(2)18-9-11-19(12-10-18)22-15-21(22)17(3)23-25-14-13-24-20-7-5-4-6-8-20/h4-12,16,21-22H,13-15H2,1-3H3/b23-17-/t21-,22+/m0/s1. The lowest BCUT2D eigenvalue weighted by molar-refractivity contribution is 0.106. The molecule has 3 heteroatoms. The Hall–Kier alpha value is -2.29. The molecule has 1 aliphatic rings. The van der Waals surface area contributed by atoms with Gasteiger partial charge in [-0.15, -0.1) is 0 Å². The normalized spacial score (nSPS) is 19.8. The predicted octanol–water partition coefficient (Wildman–Crippen LogP) is 5.39. The molecule has 0 saturated heterocycles. The van der Waals surface area contributed by atoms with Crippen molar-refractivity contribution in [3.05, 3.63) is 65.7 Å². The summed E-state index contributed by atoms with van der Waals surface area (Å²) in [5.41, 5.74) is 3.89. The molecule has 3 rings (SSSR count). The summed E-state index contributed by atoms with van der Waals surface area (Å²) in [6.45, 7) is 7.48. The summed E-state index contributed by atoms with van der Waals surface area (Å²) >= 11 is 0. The average molecular weight is 337 g/mol. The molecule has 0 aromatic heterocycles. The van der Waals surface area contributed by atoms with Gasteiger partial charge >= 0.3 is 0 Å². The zero-order valence-electron chi connectivity index (χ0n) is 15.3. The molecule has 0 spiro atoms. The second-order valence-electron chi connectivity index (χ2n) is 7.00. The molecule has 2 atom stereocenters. The van der Waals surface area contributed by atoms with Gasteiger partial charge in [-0.05, 0) is 48.4 Å². The Kier molecular flexibility index (Phi) is 5.75. The van der Waals surface area contributed by atoms with E-state index in [9.17, 15) is 0 Å². The summed E-state index contributed by atoms with van der Waals surface area (Å²) in [6.07, 6.45) is 1.17. The Morgan fingerprint density at radius 3 is 2.44 bits per heavy atom. The molecule has 0 heterocycles. The minimum Gasteiger partial charge on any atom is -0.490 e. The number of ether oxygens (including phenoxy) is 1. The van der Waals surface area contributed by atoms with Crippen molar-refractivity contribution in [1.82, 2.24) is 0 Å². The minimum atomic E-state index is 0.465. The quantitative estimate of drug-likeness (QED) is 0.367. The van der Waals surface area contributed by atoms with Gasteiger partial charge in [-0.2, -0.15) is 0 Å². The summed E-state index contributed by atoms with van der Waals surface area (Å²) in [4.78, 5) is 5.42. The molecular formula is C22H27NO2. The van der Waals surface area contributed by atoms with Gasteiger partial charge in [0.05, 0.1) is 5.71 Å². The van der Waals surface area contributed by atoms with Crippen molar-refractivity contribution in [2.24, 2.45) is 11.1 Å². The van der Waals surface area contributed by atoms with Gasteiger partial charge in [0.25, 0.3) is 0 Å². The van der Waals surface area contributed by atoms with Gasteiger partial charge in [0.1, 0.15) is 12.4 Å². The number of benzene rings is 2. The molecule has 132 valence electrons. The first kappa shape index (κ1) is 17.5. The first-order valence-corrected chi connectivity index (χ1v) is 9.09. The van der Waals surface area contributed by atoms with Gasteiger partial charge in [-0.3, -0.25) is 0 Å². The zero-order chi connectivity index (χ0) is 17.6. The van der Waals surface area contributed by atoms with Gasteiger partial charge in [0.15, 0.2) is 6.61 Å². The van der Waals surface area contributed by atoms with E-state index >= 15 is 0 Å². The molecular weight excluding hydrogens is 310 g/mol. The van der Waals surface area contributed by atoms with Crippen LogP contribution in [0.1, 0.15) is 50.2 Å². The van der Waals surface area contributed by atoms with Crippen LogP contribution in [0.4, 0.5) is 0 Å². The van der Waals surface area contributed by atoms with Crippen molar-refractivity contribution in [3.8, 4) is 5.75 Å². The fourth-order valence-corrected chi connectivity index (χ4v) is 3.08. The van der Waals surface area contributed by atoms with Crippen LogP contribution in [0.2, 0.25) is 0 Å². The molecule has 1 saturated carbocycles. The van der Waals surface area contributed by atoms with Gasteiger partial charge in [-0.25, -0.2) is 0 Å². The largest absolute Gasteiger partial charge is 0.490 e. The highest BCUT2D eigenvalue weighted by Gasteiger charge is 2.40. The smallest absolute Gasteiger partial charge is 0.151 e. The van der Waals surface area contributed by atoms with E-state index in [1.165, 1.54) is 17.5 Å². The van der Waals surface area contributed by atoms with E-state index in [-0.39, 0.29) is 0 Å². The average Bonchev–Trinajstić information content (AvgIpc) is 3.43. The molecule has 3 nitrogen and oxygen atoms in total. The maximum absolute atomic E-state index is 5.59. The van der Waals surface area contributed by atoms with E-state index in [1.54, 1.807) is 0 Å². The molecule has 0 N–H and O–H groups in total. The lowest BCUT2D eigenvalue weighted by Gasteiger charge is -2.07. The van der Waals surface area contributed by atoms with Crippen molar-refractivity contribution >= 4 is 5.71 Å². The van der Waals surface area contributed by atoms with E-state index in [0.717, 1.165) is 11.5 Å². The summed E-state index contributed by atoms with van der Waals surface area (Å²) in [7, 11) is 0. The third-order valence-corrected chi connectivity index (χ3v) is 4.75. The molecule has 0 amide bonds. The Balaban J connectivity index is 1.41. The molecule has 0 aliphatic heterocycles. The van der Waals surface area contributed by atoms with Crippen LogP contribution in [0.5, 0.6) is 5.75 Å². The van der Waals surface area contributed by atoms with Crippen LogP contribution in [0, 0.1) is 5.92 Å². The van der Waals surface area contributed by atoms with Crippen molar-refractivity contribution in [1.29, 1.82) is 0 Å². The van der Waals surface area contributed by atoms with Crippen molar-refractivity contribution in [2.45, 2.75) is 39.0 Å². The highest BCUT2D eigenvalue weighted by molar-refractivity contribution is 5.87. The van der Waals surface area contributed by atoms with Gasteiger partial charge in [-0.1, -0.05) is 61.5 Å². The van der Waals surface area contributed by atoms with Gasteiger partial charge in [0.2, 0.25) is 0 Å². The molecule has 2 aromatic rings. The highest BCUT2D eigenvalue weighted by Crippen LogP contribution is 2.48. The Morgan fingerprint density at radius 1 is 1.04 bits per heavy atom. The van der Waals surface area contributed by atoms with Crippen LogP contribution in [0.3, 0.4) is 0 Å². The maximum atomic E-state index is 5.59. The van der Waals surface area contributed by atoms with Crippen molar-refractivity contribution < 1.29 is 9.57 Å². The van der Waals surface area contributed by atoms with Crippen LogP contribution >= 0.6 is 0 Å². The molecule has 25 heavy (non-hydrogen) atoms. The summed E-state index contributed by atoms with van der Waals surface area (Å²) in [5, 5.41) is 4.28. The second kappa shape index (κ2) is 8.19. The van der Waals surface area contributed by atoms with Crippen LogP contribution in [0.15, 0.2) is 59.8 Å². The van der Waals surface area contributed by atoms with Gasteiger partial charge in [0, 0.05) is 5.92 Å². The molecule has 2 aromatic carbocycles. The Bertz CT molecular complexity index is 692. The third kappa shape index (κ3) is 4.85. The van der Waals surface area contributed by atoms with Crippen LogP contribution in [-0.4, -0.2) is 18.9 Å². The number of nitrogens with zero attached hydrogens (tertiary/aromatic N) is 1. The van der Waals surface area contributed by atoms with E-state index in [1.807, 2.05) is 30.3 Å². The fraction of sp³-hybridized carbons (Fsp3) is 0.409. The van der Waals surface area contributed by atoms with E-state index in [0.29, 0.717) is 31.0 Å². The van der Waals surface area contributed by atoms with E-state index < -0.39 is 0 Å². The number of oxime groups is 1. The maximum Gasteiger partial charge on any atom is 0.151 e. The number of hydrogen-bond donors (Lipinski definition) is 0. The second-order valence-corrected chi connectivity index (χ2v) is 7.00. The number of para-hydroxylation sites is 1. The molecule has 0 unspecified atom stereocenters. The molecule has 0 radical (unpaired) electrons. The topological polar surface area (TPSA) is 30.8 Å². The third-order valence-electron chi connectivity index (χ3n) is 4.75. The monoisotopic (exact) mass is 337 g/mol. The first-order valence-electron chi connectivity index (χ1n) is 9.09. The number of rotatable bonds is 8. The molecule has 1 aliphatic carbocycles. The fourth-order valence-electron chi connectivity index (χ4n) is 3.08. The minimum absolute atomic E-state index is 0.465. The molecule has 1 fully saturated rings. The Morgan fingerprint density at radius 2 is 1.76 bits per heavy atom. The van der Waals surface area contributed by atoms with Gasteiger partial charge < -0.3 is 9.57 Å². The SMILES string of the molecule is C/C(=N/OCCOc1ccccc1)[C@@H]1C[C@@H]1c1ccc(C(C)C)cc1. The summed E-state index contributed by atoms with van der Waals surface area (Å²) in [5.74, 6) is 2.55. The van der Waals surface area contributed by atoms with Crippen molar-refractivity contribution in [3.63, 3.8) is 0 Å². The molecule has 0 bridgehead atoms. The lowest BCUT2D eigenvalue weighted by atomic mass is 9.99. The Labute approximate surface area is 150 Å². The van der Waals surface area contributed by atoms with E-state index in [2.05, 4.69) is 50.2 Å². The van der Waals surface area contributed by atoms with Crippen molar-refractivity contribution in [2.75, 3.05) is 13.2 Å². The van der Waals surface area contributed by atoms with E-state index in [4.69, 9.17) is 9.57 Å². The summed E-state index contributed by atoms with van der Waals surface area (Å²) < 4.78 is 5.59. The van der Waals surface area contributed by atoms with Crippen LogP contribution in [0.25, 0.3) is 0 Å². The zero-order valence-corrected chi connectivity index (χ0v) is 15.3. The van der Waals surface area contributed by atoms with Crippen LogP contribution in [-0.2, 0) is 4.84 Å². The highest BCUT2D eigenvalue weighted by atomic mass is 16.6. The lowest BCUT2D eigenvalue weighted by Crippen LogP contribution is -2.06. The predicted molar refractivity (Wildman–Crippen MR) is 102 cm³/mol.